The summed E-state index contributed by atoms with van der Waals surface area (Å²) in [5.41, 5.74) is 2.31. The van der Waals surface area contributed by atoms with Gasteiger partial charge in [0.05, 0.1) is 16.5 Å². The van der Waals surface area contributed by atoms with Crippen LogP contribution in [0.1, 0.15) is 25.0 Å². The minimum Gasteiger partial charge on any atom is -0.342 e. The zero-order chi connectivity index (χ0) is 14.9. The first kappa shape index (κ1) is 12.9. The number of rotatable bonds is 0. The van der Waals surface area contributed by atoms with Gasteiger partial charge in [-0.3, -0.25) is 9.00 Å². The van der Waals surface area contributed by atoms with E-state index in [1.807, 2.05) is 11.0 Å². The summed E-state index contributed by atoms with van der Waals surface area (Å²) in [6, 6.07) is 10.5. The van der Waals surface area contributed by atoms with E-state index in [1.165, 1.54) is 10.9 Å². The van der Waals surface area contributed by atoms with Gasteiger partial charge in [0.2, 0.25) is 5.91 Å². The normalized spacial score (nSPS) is 33.6. The van der Waals surface area contributed by atoms with Gasteiger partial charge in [-0.25, -0.2) is 0 Å². The first-order valence-corrected chi connectivity index (χ1v) is 9.32. The molecule has 3 atom stereocenters. The van der Waals surface area contributed by atoms with E-state index in [0.29, 0.717) is 5.92 Å². The Kier molecular flexibility index (Phi) is 2.47. The van der Waals surface area contributed by atoms with Crippen molar-refractivity contribution < 1.29 is 9.00 Å². The Morgan fingerprint density at radius 2 is 2.05 bits per heavy atom. The van der Waals surface area contributed by atoms with E-state index in [1.54, 1.807) is 0 Å². The smallest absolute Gasteiger partial charge is 0.236 e. The average molecular weight is 314 g/mol. The molecule has 2 fully saturated rings. The highest BCUT2D eigenvalue weighted by molar-refractivity contribution is 7.87. The number of fused-ring (bicyclic) bond motifs is 3. The lowest BCUT2D eigenvalue weighted by Crippen LogP contribution is -2.56. The van der Waals surface area contributed by atoms with Crippen LogP contribution in [-0.2, 0) is 27.0 Å². The van der Waals surface area contributed by atoms with Gasteiger partial charge in [-0.1, -0.05) is 18.2 Å². The molecule has 4 nitrogen and oxygen atoms in total. The number of aryl methyl sites for hydroxylation is 1. The number of nitrogens with zero attached hydrogens (tertiary/aromatic N) is 2. The van der Waals surface area contributed by atoms with E-state index in [0.717, 1.165) is 38.0 Å². The number of carbonyl (C=O) groups is 1. The quantitative estimate of drug-likeness (QED) is 0.748. The molecule has 114 valence electrons. The Morgan fingerprint density at radius 1 is 1.18 bits per heavy atom. The molecular weight excluding hydrogens is 296 g/mol. The van der Waals surface area contributed by atoms with Gasteiger partial charge < -0.3 is 9.47 Å². The van der Waals surface area contributed by atoms with Crippen molar-refractivity contribution in [3.8, 4) is 0 Å². The number of benzene rings is 1. The van der Waals surface area contributed by atoms with Crippen molar-refractivity contribution in [1.82, 2.24) is 9.47 Å². The summed E-state index contributed by atoms with van der Waals surface area (Å²) < 4.78 is 15.4. The van der Waals surface area contributed by atoms with E-state index in [2.05, 4.69) is 28.8 Å². The van der Waals surface area contributed by atoms with Crippen molar-refractivity contribution in [3.05, 3.63) is 36.0 Å². The van der Waals surface area contributed by atoms with Crippen LogP contribution >= 0.6 is 0 Å². The Hall–Kier alpha value is -1.62. The van der Waals surface area contributed by atoms with E-state index in [4.69, 9.17) is 0 Å². The van der Waals surface area contributed by atoms with Crippen LogP contribution in [0.3, 0.4) is 0 Å². The highest BCUT2D eigenvalue weighted by atomic mass is 32.2. The van der Waals surface area contributed by atoms with E-state index in [-0.39, 0.29) is 11.7 Å². The van der Waals surface area contributed by atoms with Crippen LogP contribution < -0.4 is 0 Å². The highest BCUT2D eigenvalue weighted by Gasteiger charge is 2.61. The van der Waals surface area contributed by atoms with E-state index < -0.39 is 15.7 Å². The summed E-state index contributed by atoms with van der Waals surface area (Å²) in [7, 11) is -1.14. The topological polar surface area (TPSA) is 42.3 Å². The maximum absolute atomic E-state index is 13.0. The maximum Gasteiger partial charge on any atom is 0.236 e. The first-order chi connectivity index (χ1) is 10.7. The van der Waals surface area contributed by atoms with Gasteiger partial charge in [0.1, 0.15) is 5.75 Å². The Labute approximate surface area is 131 Å². The molecule has 2 aromatic rings. The summed E-state index contributed by atoms with van der Waals surface area (Å²) in [6.45, 7) is 1.72. The number of carbonyl (C=O) groups excluding carboxylic acids is 1. The monoisotopic (exact) mass is 314 g/mol. The second-order valence-electron chi connectivity index (χ2n) is 6.60. The molecule has 3 aliphatic heterocycles. The number of para-hydroxylation sites is 1. The molecule has 0 N–H and O–H groups in total. The molecule has 22 heavy (non-hydrogen) atoms. The molecule has 1 spiro atoms. The zero-order valence-electron chi connectivity index (χ0n) is 12.3. The van der Waals surface area contributed by atoms with Gasteiger partial charge in [-0.05, 0) is 36.8 Å². The predicted molar refractivity (Wildman–Crippen MR) is 85.7 cm³/mol. The molecule has 1 aromatic heterocycles. The molecule has 0 radical (unpaired) electrons. The second kappa shape index (κ2) is 4.22. The molecular formula is C17H18N2O2S. The van der Waals surface area contributed by atoms with Crippen LogP contribution in [0, 0.1) is 5.92 Å². The van der Waals surface area contributed by atoms with Gasteiger partial charge >= 0.3 is 0 Å². The summed E-state index contributed by atoms with van der Waals surface area (Å²) >= 11 is 0. The number of piperidine rings is 1. The molecule has 0 saturated carbocycles. The van der Waals surface area contributed by atoms with Gasteiger partial charge in [0, 0.05) is 24.5 Å². The third-order valence-corrected chi connectivity index (χ3v) is 7.64. The standard InChI is InChI=1S/C17H18N2O2S/c20-16-11-22(21)17-13(5-3-8-19(16)17)7-9-18-14-6-2-1-4-12(14)10-15(17)18/h1-2,4,6,10,13H,3,5,7-9,11H2. The van der Waals surface area contributed by atoms with Crippen LogP contribution in [0.15, 0.2) is 30.3 Å². The maximum atomic E-state index is 13.0. The average Bonchev–Trinajstić information content (AvgIpc) is 3.03. The fourth-order valence-corrected chi connectivity index (χ4v) is 6.88. The Bertz CT molecular complexity index is 827. The Morgan fingerprint density at radius 3 is 2.95 bits per heavy atom. The van der Waals surface area contributed by atoms with Crippen LogP contribution in [0.4, 0.5) is 0 Å². The lowest BCUT2D eigenvalue weighted by molar-refractivity contribution is -0.134. The van der Waals surface area contributed by atoms with E-state index in [9.17, 15) is 9.00 Å². The van der Waals surface area contributed by atoms with Crippen LogP contribution in [0.25, 0.3) is 10.9 Å². The largest absolute Gasteiger partial charge is 0.342 e. The van der Waals surface area contributed by atoms with Gasteiger partial charge in [-0.15, -0.1) is 0 Å². The van der Waals surface area contributed by atoms with Crippen molar-refractivity contribution in [2.45, 2.75) is 30.7 Å². The fourth-order valence-electron chi connectivity index (χ4n) is 4.83. The lowest BCUT2D eigenvalue weighted by Gasteiger charge is -2.49. The van der Waals surface area contributed by atoms with Crippen molar-refractivity contribution in [3.63, 3.8) is 0 Å². The zero-order valence-corrected chi connectivity index (χ0v) is 13.1. The molecule has 3 unspecified atom stereocenters. The molecule has 2 saturated heterocycles. The summed E-state index contributed by atoms with van der Waals surface area (Å²) in [5, 5.41) is 1.19. The SMILES string of the molecule is O=C1CS(=O)C23c4cc5ccccc5n4CCC2CCCN13. The number of aromatic nitrogens is 1. The van der Waals surface area contributed by atoms with Crippen LogP contribution in [-0.4, -0.2) is 31.9 Å². The molecule has 4 heterocycles. The third kappa shape index (κ3) is 1.34. The minimum absolute atomic E-state index is 0.0711. The number of hydrogen-bond acceptors (Lipinski definition) is 2. The summed E-state index contributed by atoms with van der Waals surface area (Å²) in [6.07, 6.45) is 3.13. The molecule has 1 amide bonds. The lowest BCUT2D eigenvalue weighted by atomic mass is 9.81. The van der Waals surface area contributed by atoms with Crippen molar-refractivity contribution in [2.24, 2.45) is 5.92 Å². The second-order valence-corrected chi connectivity index (χ2v) is 8.20. The van der Waals surface area contributed by atoms with E-state index >= 15 is 0 Å². The summed E-state index contributed by atoms with van der Waals surface area (Å²) in [5.74, 6) is 0.602. The Balaban J connectivity index is 1.85. The molecule has 3 aliphatic rings. The van der Waals surface area contributed by atoms with Gasteiger partial charge in [0.25, 0.3) is 0 Å². The fraction of sp³-hybridized carbons (Fsp3) is 0.471. The third-order valence-electron chi connectivity index (χ3n) is 5.67. The first-order valence-electron chi connectivity index (χ1n) is 8.00. The molecule has 0 aliphatic carbocycles. The number of hydrogen-bond donors (Lipinski definition) is 0. The molecule has 0 bridgehead atoms. The van der Waals surface area contributed by atoms with Crippen molar-refractivity contribution >= 4 is 27.6 Å². The number of amides is 1. The van der Waals surface area contributed by atoms with Gasteiger partial charge in [-0.2, -0.15) is 0 Å². The minimum atomic E-state index is -1.14. The van der Waals surface area contributed by atoms with Crippen LogP contribution in [0.5, 0.6) is 0 Å². The summed E-state index contributed by atoms with van der Waals surface area (Å²) in [4.78, 5) is 13.8. The van der Waals surface area contributed by atoms with Gasteiger partial charge in [0.15, 0.2) is 4.87 Å². The molecule has 1 aromatic carbocycles. The van der Waals surface area contributed by atoms with Crippen LogP contribution in [0.2, 0.25) is 0 Å². The molecule has 5 rings (SSSR count). The molecule has 5 heteroatoms. The highest BCUT2D eigenvalue weighted by Crippen LogP contribution is 2.53. The van der Waals surface area contributed by atoms with Crippen molar-refractivity contribution in [2.75, 3.05) is 12.3 Å². The van der Waals surface area contributed by atoms with Crippen molar-refractivity contribution in [1.29, 1.82) is 0 Å². The predicted octanol–water partition coefficient (Wildman–Crippen LogP) is 2.20.